The highest BCUT2D eigenvalue weighted by Gasteiger charge is 2.20. The fraction of sp³-hybridized carbons (Fsp3) is 0.571. The number of nitrogens with one attached hydrogen (secondary N) is 1. The van der Waals surface area contributed by atoms with Crippen molar-refractivity contribution in [3.8, 4) is 0 Å². The molecule has 3 nitrogen and oxygen atoms in total. The molecule has 0 aliphatic heterocycles. The third-order valence-corrected chi connectivity index (χ3v) is 5.33. The molecule has 5 heteroatoms. The van der Waals surface area contributed by atoms with E-state index in [1.54, 1.807) is 0 Å². The van der Waals surface area contributed by atoms with Crippen molar-refractivity contribution in [1.82, 2.24) is 4.72 Å². The van der Waals surface area contributed by atoms with E-state index < -0.39 is 10.0 Å². The molecule has 0 spiro atoms. The summed E-state index contributed by atoms with van der Waals surface area (Å²) < 4.78 is 26.4. The lowest BCUT2D eigenvalue weighted by atomic mass is 9.84. The van der Waals surface area contributed by atoms with Gasteiger partial charge in [0.05, 0.1) is 5.75 Å². The van der Waals surface area contributed by atoms with Crippen LogP contribution in [0.25, 0.3) is 0 Å². The van der Waals surface area contributed by atoms with E-state index in [0.29, 0.717) is 18.3 Å². The van der Waals surface area contributed by atoms with Crippen LogP contribution in [0, 0.1) is 5.92 Å². The van der Waals surface area contributed by atoms with Gasteiger partial charge in [-0.15, -0.1) is 11.6 Å². The van der Waals surface area contributed by atoms with Crippen LogP contribution in [0.3, 0.4) is 0 Å². The number of hydrogen-bond acceptors (Lipinski definition) is 2. The van der Waals surface area contributed by atoms with Crippen molar-refractivity contribution < 1.29 is 8.42 Å². The molecule has 106 valence electrons. The minimum absolute atomic E-state index is 0.243. The van der Waals surface area contributed by atoms with Gasteiger partial charge >= 0.3 is 0 Å². The number of alkyl halides is 1. The molecule has 1 aromatic rings. The summed E-state index contributed by atoms with van der Waals surface area (Å²) in [5, 5.41) is 0. The standard InChI is InChI=1S/C14H20ClNO2S/c15-10-13-5-2-6-14(9-13)11-16-19(17,18)8-7-12-3-1-4-12/h2,5-6,9,12,16H,1,3-4,7-8,10-11H2. The average Bonchev–Trinajstić information content (AvgIpc) is 2.35. The van der Waals surface area contributed by atoms with Crippen molar-refractivity contribution in [2.75, 3.05) is 5.75 Å². The van der Waals surface area contributed by atoms with Gasteiger partial charge in [0.2, 0.25) is 10.0 Å². The first-order valence-electron chi connectivity index (χ1n) is 6.70. The molecule has 1 N–H and O–H groups in total. The quantitative estimate of drug-likeness (QED) is 0.787. The number of rotatable bonds is 7. The van der Waals surface area contributed by atoms with Crippen LogP contribution in [0.4, 0.5) is 0 Å². The maximum Gasteiger partial charge on any atom is 0.211 e. The molecule has 1 aromatic carbocycles. The minimum Gasteiger partial charge on any atom is -0.212 e. The number of sulfonamides is 1. The highest BCUT2D eigenvalue weighted by molar-refractivity contribution is 7.89. The Kier molecular flexibility index (Phi) is 5.25. The smallest absolute Gasteiger partial charge is 0.211 e. The molecule has 1 fully saturated rings. The SMILES string of the molecule is O=S(=O)(CCC1CCC1)NCc1cccc(CCl)c1. The second kappa shape index (κ2) is 6.73. The van der Waals surface area contributed by atoms with Gasteiger partial charge in [0.15, 0.2) is 0 Å². The lowest BCUT2D eigenvalue weighted by Crippen LogP contribution is -2.28. The highest BCUT2D eigenvalue weighted by Crippen LogP contribution is 2.29. The summed E-state index contributed by atoms with van der Waals surface area (Å²) in [5.41, 5.74) is 1.96. The van der Waals surface area contributed by atoms with E-state index in [9.17, 15) is 8.42 Å². The largest absolute Gasteiger partial charge is 0.212 e. The van der Waals surface area contributed by atoms with Crippen molar-refractivity contribution >= 4 is 21.6 Å². The lowest BCUT2D eigenvalue weighted by molar-refractivity contribution is 0.307. The molecular formula is C14H20ClNO2S. The summed E-state index contributed by atoms with van der Waals surface area (Å²) in [4.78, 5) is 0. The van der Waals surface area contributed by atoms with E-state index in [-0.39, 0.29) is 5.75 Å². The normalized spacial score (nSPS) is 16.3. The average molecular weight is 302 g/mol. The molecule has 0 bridgehead atoms. The van der Waals surface area contributed by atoms with Gasteiger partial charge in [-0.25, -0.2) is 13.1 Å². The summed E-state index contributed by atoms with van der Waals surface area (Å²) >= 11 is 5.76. The van der Waals surface area contributed by atoms with Gasteiger partial charge in [-0.1, -0.05) is 43.5 Å². The number of halogens is 1. The molecule has 19 heavy (non-hydrogen) atoms. The van der Waals surface area contributed by atoms with Gasteiger partial charge in [0.1, 0.15) is 0 Å². The summed E-state index contributed by atoms with van der Waals surface area (Å²) in [7, 11) is -3.15. The van der Waals surface area contributed by atoms with Crippen LogP contribution >= 0.6 is 11.6 Å². The monoisotopic (exact) mass is 301 g/mol. The predicted molar refractivity (Wildman–Crippen MR) is 78.6 cm³/mol. The van der Waals surface area contributed by atoms with Crippen LogP contribution in [0.1, 0.15) is 36.8 Å². The van der Waals surface area contributed by atoms with Crippen molar-refractivity contribution in [2.24, 2.45) is 5.92 Å². The zero-order valence-electron chi connectivity index (χ0n) is 10.9. The van der Waals surface area contributed by atoms with E-state index in [1.165, 1.54) is 19.3 Å². The maximum absolute atomic E-state index is 11.9. The van der Waals surface area contributed by atoms with Crippen LogP contribution in [0.2, 0.25) is 0 Å². The van der Waals surface area contributed by atoms with Gasteiger partial charge in [0, 0.05) is 12.4 Å². The van der Waals surface area contributed by atoms with Crippen molar-refractivity contribution in [1.29, 1.82) is 0 Å². The second-order valence-electron chi connectivity index (χ2n) is 5.18. The third-order valence-electron chi connectivity index (χ3n) is 3.66. The summed E-state index contributed by atoms with van der Waals surface area (Å²) in [5.74, 6) is 1.31. The lowest BCUT2D eigenvalue weighted by Gasteiger charge is -2.24. The zero-order chi connectivity index (χ0) is 13.7. The van der Waals surface area contributed by atoms with Crippen LogP contribution < -0.4 is 4.72 Å². The number of benzene rings is 1. The molecule has 1 aliphatic carbocycles. The Bertz CT molecular complexity index is 512. The first-order chi connectivity index (χ1) is 9.09. The molecule has 0 radical (unpaired) electrons. The van der Waals surface area contributed by atoms with Gasteiger partial charge < -0.3 is 0 Å². The summed E-state index contributed by atoms with van der Waals surface area (Å²) in [6, 6.07) is 7.67. The van der Waals surface area contributed by atoms with E-state index in [2.05, 4.69) is 4.72 Å². The van der Waals surface area contributed by atoms with Crippen molar-refractivity contribution in [2.45, 2.75) is 38.1 Å². The van der Waals surface area contributed by atoms with Crippen LogP contribution in [0.15, 0.2) is 24.3 Å². The molecule has 0 unspecified atom stereocenters. The highest BCUT2D eigenvalue weighted by atomic mass is 35.5. The fourth-order valence-electron chi connectivity index (χ4n) is 2.19. The van der Waals surface area contributed by atoms with Gasteiger partial charge in [0.25, 0.3) is 0 Å². The Balaban J connectivity index is 1.82. The van der Waals surface area contributed by atoms with Gasteiger partial charge in [-0.05, 0) is 23.5 Å². The topological polar surface area (TPSA) is 46.2 Å². The van der Waals surface area contributed by atoms with E-state index in [1.807, 2.05) is 24.3 Å². The molecule has 0 atom stereocenters. The van der Waals surface area contributed by atoms with Crippen LogP contribution in [0.5, 0.6) is 0 Å². The molecule has 0 heterocycles. The van der Waals surface area contributed by atoms with Gasteiger partial charge in [-0.2, -0.15) is 0 Å². The molecule has 1 aliphatic rings. The Morgan fingerprint density at radius 2 is 2.00 bits per heavy atom. The Morgan fingerprint density at radius 1 is 1.26 bits per heavy atom. The Labute approximate surface area is 120 Å². The van der Waals surface area contributed by atoms with Crippen LogP contribution in [-0.4, -0.2) is 14.2 Å². The second-order valence-corrected chi connectivity index (χ2v) is 7.37. The predicted octanol–water partition coefficient (Wildman–Crippen LogP) is 3.04. The summed E-state index contributed by atoms with van der Waals surface area (Å²) in [6.45, 7) is 0.345. The fourth-order valence-corrected chi connectivity index (χ4v) is 3.53. The number of hydrogen-bond donors (Lipinski definition) is 1. The molecule has 2 rings (SSSR count). The maximum atomic E-state index is 11.9. The molecular weight excluding hydrogens is 282 g/mol. The summed E-state index contributed by atoms with van der Waals surface area (Å²) in [6.07, 6.45) is 4.42. The van der Waals surface area contributed by atoms with E-state index in [0.717, 1.165) is 17.5 Å². The first-order valence-corrected chi connectivity index (χ1v) is 8.89. The van der Waals surface area contributed by atoms with E-state index in [4.69, 9.17) is 11.6 Å². The molecule has 0 saturated heterocycles. The Morgan fingerprint density at radius 3 is 2.63 bits per heavy atom. The van der Waals surface area contributed by atoms with E-state index >= 15 is 0 Å². The van der Waals surface area contributed by atoms with Gasteiger partial charge in [-0.3, -0.25) is 0 Å². The molecule has 1 saturated carbocycles. The first kappa shape index (κ1) is 14.8. The van der Waals surface area contributed by atoms with Crippen molar-refractivity contribution in [3.05, 3.63) is 35.4 Å². The zero-order valence-corrected chi connectivity index (χ0v) is 12.5. The molecule has 0 amide bonds. The van der Waals surface area contributed by atoms with Crippen LogP contribution in [-0.2, 0) is 22.4 Å². The molecule has 0 aromatic heterocycles. The third kappa shape index (κ3) is 4.79. The minimum atomic E-state index is -3.15. The van der Waals surface area contributed by atoms with Crippen molar-refractivity contribution in [3.63, 3.8) is 0 Å². The Hall–Kier alpha value is -0.580.